The first-order valence-electron chi connectivity index (χ1n) is 8.33. The maximum Gasteiger partial charge on any atom is 0.123 e. The third kappa shape index (κ3) is 2.93. The van der Waals surface area contributed by atoms with Gasteiger partial charge in [0.1, 0.15) is 12.2 Å². The minimum absolute atomic E-state index is 0.00324. The number of aromatic nitrogens is 2. The summed E-state index contributed by atoms with van der Waals surface area (Å²) >= 11 is 0. The van der Waals surface area contributed by atoms with E-state index in [1.165, 1.54) is 0 Å². The van der Waals surface area contributed by atoms with Crippen LogP contribution in [0, 0.1) is 0 Å². The quantitative estimate of drug-likeness (QED) is 0.864. The maximum absolute atomic E-state index is 6.03. The molecule has 2 aromatic rings. The second-order valence-corrected chi connectivity index (χ2v) is 6.40. The van der Waals surface area contributed by atoms with Gasteiger partial charge in [0.2, 0.25) is 0 Å². The highest BCUT2D eigenvalue weighted by Gasteiger charge is 2.44. The molecule has 6 nitrogen and oxygen atoms in total. The van der Waals surface area contributed by atoms with E-state index in [2.05, 4.69) is 9.97 Å². The fourth-order valence-corrected chi connectivity index (χ4v) is 3.66. The molecule has 0 radical (unpaired) electrons. The Bertz CT molecular complexity index is 610. The van der Waals surface area contributed by atoms with E-state index in [1.807, 2.05) is 73.0 Å². The standard InChI is InChI=1S/C18H22N4O2/c1-21-15(11-17(23-21)13-7-3-5-9-19-13)16-12-18(24-22(16)2)14-8-4-6-10-20-14/h3-10,15-18H,11-12H2,1-2H3/t15-,16+,17-,18-/m1/s1. The molecule has 0 N–H and O–H groups in total. The molecular formula is C18H22N4O2. The largest absolute Gasteiger partial charge is 0.289 e. The highest BCUT2D eigenvalue weighted by molar-refractivity contribution is 5.11. The average Bonchev–Trinajstić information content (AvgIpc) is 3.19. The molecular weight excluding hydrogens is 304 g/mol. The summed E-state index contributed by atoms with van der Waals surface area (Å²) in [6, 6.07) is 12.4. The maximum atomic E-state index is 6.03. The zero-order valence-electron chi connectivity index (χ0n) is 13.9. The van der Waals surface area contributed by atoms with Crippen molar-refractivity contribution in [3.05, 3.63) is 60.2 Å². The zero-order chi connectivity index (χ0) is 16.5. The summed E-state index contributed by atoms with van der Waals surface area (Å²) in [6.45, 7) is 0. The van der Waals surface area contributed by atoms with Gasteiger partial charge in [0, 0.05) is 39.3 Å². The Morgan fingerprint density at radius 2 is 1.25 bits per heavy atom. The molecule has 2 saturated heterocycles. The van der Waals surface area contributed by atoms with Crippen LogP contribution in [0.15, 0.2) is 48.8 Å². The van der Waals surface area contributed by atoms with E-state index in [0.717, 1.165) is 24.2 Å². The van der Waals surface area contributed by atoms with Crippen molar-refractivity contribution < 1.29 is 9.68 Å². The number of likely N-dealkylation sites (N-methyl/N-ethyl adjacent to an activating group) is 2. The van der Waals surface area contributed by atoms with Crippen molar-refractivity contribution in [1.29, 1.82) is 0 Å². The second kappa shape index (κ2) is 6.57. The summed E-state index contributed by atoms with van der Waals surface area (Å²) < 4.78 is 0. The van der Waals surface area contributed by atoms with Gasteiger partial charge in [-0.3, -0.25) is 19.6 Å². The van der Waals surface area contributed by atoms with Gasteiger partial charge in [-0.2, -0.15) is 10.1 Å². The van der Waals surface area contributed by atoms with Crippen molar-refractivity contribution in [2.24, 2.45) is 0 Å². The van der Waals surface area contributed by atoms with Crippen molar-refractivity contribution in [2.45, 2.75) is 37.1 Å². The van der Waals surface area contributed by atoms with Crippen LogP contribution < -0.4 is 0 Å². The molecule has 0 amide bonds. The van der Waals surface area contributed by atoms with Crippen LogP contribution in [-0.4, -0.2) is 46.3 Å². The Kier molecular flexibility index (Phi) is 4.28. The number of pyridine rings is 2. The molecule has 2 aliphatic heterocycles. The van der Waals surface area contributed by atoms with E-state index in [9.17, 15) is 0 Å². The lowest BCUT2D eigenvalue weighted by Crippen LogP contribution is -2.42. The molecule has 0 aliphatic carbocycles. The van der Waals surface area contributed by atoms with Crippen molar-refractivity contribution in [2.75, 3.05) is 14.1 Å². The van der Waals surface area contributed by atoms with E-state index in [0.29, 0.717) is 0 Å². The smallest absolute Gasteiger partial charge is 0.123 e. The molecule has 24 heavy (non-hydrogen) atoms. The lowest BCUT2D eigenvalue weighted by atomic mass is 9.96. The fraction of sp³-hybridized carbons (Fsp3) is 0.444. The van der Waals surface area contributed by atoms with Crippen LogP contribution in [0.4, 0.5) is 0 Å². The van der Waals surface area contributed by atoms with Crippen LogP contribution in [0.2, 0.25) is 0 Å². The van der Waals surface area contributed by atoms with Gasteiger partial charge < -0.3 is 0 Å². The van der Waals surface area contributed by atoms with Gasteiger partial charge in [0.05, 0.1) is 23.5 Å². The zero-order valence-corrected chi connectivity index (χ0v) is 13.9. The molecule has 4 atom stereocenters. The fourth-order valence-electron chi connectivity index (χ4n) is 3.66. The SMILES string of the molecule is CN1O[C@@H](c2ccccn2)C[C@@H]1[C@@H]1C[C@H](c2ccccn2)ON1C. The third-order valence-corrected chi connectivity index (χ3v) is 4.91. The molecule has 0 bridgehead atoms. The number of hydroxylamine groups is 4. The van der Waals surface area contributed by atoms with Gasteiger partial charge in [-0.25, -0.2) is 0 Å². The van der Waals surface area contributed by atoms with Crippen molar-refractivity contribution in [1.82, 2.24) is 20.1 Å². The van der Waals surface area contributed by atoms with Crippen molar-refractivity contribution in [3.63, 3.8) is 0 Å². The predicted octanol–water partition coefficient (Wildman–Crippen LogP) is 2.53. The monoisotopic (exact) mass is 326 g/mol. The normalized spacial score (nSPS) is 31.6. The molecule has 2 aliphatic rings. The summed E-state index contributed by atoms with van der Waals surface area (Å²) in [5.74, 6) is 0. The molecule has 126 valence electrons. The van der Waals surface area contributed by atoms with Gasteiger partial charge in [-0.05, 0) is 24.3 Å². The van der Waals surface area contributed by atoms with Crippen LogP contribution in [0.25, 0.3) is 0 Å². The lowest BCUT2D eigenvalue weighted by molar-refractivity contribution is -0.184. The molecule has 6 heteroatoms. The molecule has 0 spiro atoms. The number of nitrogens with zero attached hydrogens (tertiary/aromatic N) is 4. The van der Waals surface area contributed by atoms with E-state index < -0.39 is 0 Å². The first-order valence-corrected chi connectivity index (χ1v) is 8.33. The van der Waals surface area contributed by atoms with Crippen LogP contribution in [0.5, 0.6) is 0 Å². The van der Waals surface area contributed by atoms with Crippen LogP contribution in [-0.2, 0) is 9.68 Å². The van der Waals surface area contributed by atoms with Gasteiger partial charge in [-0.15, -0.1) is 0 Å². The highest BCUT2D eigenvalue weighted by Crippen LogP contribution is 2.40. The van der Waals surface area contributed by atoms with Gasteiger partial charge in [0.25, 0.3) is 0 Å². The summed E-state index contributed by atoms with van der Waals surface area (Å²) in [6.07, 6.45) is 5.44. The number of hydrogen-bond acceptors (Lipinski definition) is 6. The molecule has 2 fully saturated rings. The van der Waals surface area contributed by atoms with E-state index >= 15 is 0 Å². The Balaban J connectivity index is 1.48. The Hall–Kier alpha value is -1.86. The Morgan fingerprint density at radius 3 is 1.62 bits per heavy atom. The Labute approximate surface area is 141 Å². The summed E-state index contributed by atoms with van der Waals surface area (Å²) in [4.78, 5) is 20.9. The Morgan fingerprint density at radius 1 is 0.792 bits per heavy atom. The summed E-state index contributed by atoms with van der Waals surface area (Å²) in [5.41, 5.74) is 1.96. The summed E-state index contributed by atoms with van der Waals surface area (Å²) in [5, 5.41) is 3.93. The molecule has 0 unspecified atom stereocenters. The van der Waals surface area contributed by atoms with Crippen LogP contribution in [0.3, 0.4) is 0 Å². The lowest BCUT2D eigenvalue weighted by Gasteiger charge is -2.27. The number of rotatable bonds is 3. The van der Waals surface area contributed by atoms with Crippen LogP contribution >= 0.6 is 0 Å². The first-order chi connectivity index (χ1) is 11.7. The first kappa shape index (κ1) is 15.7. The highest BCUT2D eigenvalue weighted by atomic mass is 16.7. The van der Waals surface area contributed by atoms with E-state index in [4.69, 9.17) is 9.68 Å². The van der Waals surface area contributed by atoms with E-state index in [1.54, 1.807) is 0 Å². The van der Waals surface area contributed by atoms with Gasteiger partial charge in [-0.1, -0.05) is 12.1 Å². The minimum Gasteiger partial charge on any atom is -0.289 e. The van der Waals surface area contributed by atoms with Crippen LogP contribution in [0.1, 0.15) is 36.4 Å². The predicted molar refractivity (Wildman–Crippen MR) is 88.5 cm³/mol. The molecule has 2 aromatic heterocycles. The average molecular weight is 326 g/mol. The third-order valence-electron chi connectivity index (χ3n) is 4.91. The van der Waals surface area contributed by atoms with Gasteiger partial charge >= 0.3 is 0 Å². The topological polar surface area (TPSA) is 50.7 Å². The van der Waals surface area contributed by atoms with E-state index in [-0.39, 0.29) is 24.3 Å². The molecule has 4 rings (SSSR count). The van der Waals surface area contributed by atoms with Gasteiger partial charge in [0.15, 0.2) is 0 Å². The number of hydrogen-bond donors (Lipinski definition) is 0. The van der Waals surface area contributed by atoms with Crippen molar-refractivity contribution >= 4 is 0 Å². The molecule has 0 saturated carbocycles. The molecule has 0 aromatic carbocycles. The summed E-state index contributed by atoms with van der Waals surface area (Å²) in [7, 11) is 3.99. The second-order valence-electron chi connectivity index (χ2n) is 6.40. The minimum atomic E-state index is 0.00324. The van der Waals surface area contributed by atoms with Crippen molar-refractivity contribution in [3.8, 4) is 0 Å². The molecule has 4 heterocycles.